The highest BCUT2D eigenvalue weighted by molar-refractivity contribution is 9.10. The number of halogens is 1. The van der Waals surface area contributed by atoms with E-state index >= 15 is 0 Å². The van der Waals surface area contributed by atoms with Crippen LogP contribution in [0.25, 0.3) is 11.0 Å². The maximum Gasteiger partial charge on any atom is 0.205 e. The first kappa shape index (κ1) is 13.9. The molecule has 1 atom stereocenters. The summed E-state index contributed by atoms with van der Waals surface area (Å²) in [7, 11) is 0. The molecule has 1 aromatic carbocycles. The number of nitrogens with zero attached hydrogens (tertiary/aromatic N) is 1. The number of ether oxygens (including phenoxy) is 1. The highest BCUT2D eigenvalue weighted by atomic mass is 79.9. The second kappa shape index (κ2) is 5.77. The molecule has 0 spiro atoms. The largest absolute Gasteiger partial charge is 0.483 e. The first-order valence-electron chi connectivity index (χ1n) is 6.67. The fourth-order valence-electron chi connectivity index (χ4n) is 2.25. The van der Waals surface area contributed by atoms with Gasteiger partial charge in [0.05, 0.1) is 9.86 Å². The van der Waals surface area contributed by atoms with Crippen LogP contribution in [-0.2, 0) is 6.42 Å². The summed E-state index contributed by atoms with van der Waals surface area (Å²) in [6, 6.07) is 10.2. The maximum absolute atomic E-state index is 5.97. The number of nitrogens with two attached hydrogens (primary N) is 1. The molecule has 4 nitrogen and oxygen atoms in total. The normalized spacial score (nSPS) is 12.5. The average Bonchev–Trinajstić information content (AvgIpc) is 2.85. The summed E-state index contributed by atoms with van der Waals surface area (Å²) >= 11 is 3.42. The van der Waals surface area contributed by atoms with E-state index in [1.54, 1.807) is 12.5 Å². The Hall–Kier alpha value is -2.01. The van der Waals surface area contributed by atoms with Gasteiger partial charge in [-0.1, -0.05) is 30.3 Å². The number of pyridine rings is 1. The van der Waals surface area contributed by atoms with Crippen molar-refractivity contribution in [2.24, 2.45) is 0 Å². The van der Waals surface area contributed by atoms with E-state index in [9.17, 15) is 0 Å². The Labute approximate surface area is 131 Å². The van der Waals surface area contributed by atoms with Crippen molar-refractivity contribution in [3.05, 3.63) is 52.8 Å². The molecule has 0 aliphatic carbocycles. The molecule has 0 bridgehead atoms. The predicted molar refractivity (Wildman–Crippen MR) is 86.4 cm³/mol. The molecule has 2 aromatic heterocycles. The molecule has 0 amide bonds. The number of hydrogen-bond donors (Lipinski definition) is 1. The topological polar surface area (TPSA) is 61.3 Å². The van der Waals surface area contributed by atoms with Crippen LogP contribution in [0.3, 0.4) is 0 Å². The van der Waals surface area contributed by atoms with Crippen LogP contribution in [0.1, 0.15) is 12.5 Å². The minimum absolute atomic E-state index is 0.0361. The maximum atomic E-state index is 5.97. The lowest BCUT2D eigenvalue weighted by Crippen LogP contribution is -2.16. The van der Waals surface area contributed by atoms with Crippen LogP contribution < -0.4 is 10.5 Å². The lowest BCUT2D eigenvalue weighted by atomic mass is 10.1. The SMILES string of the molecule is CC(Cc1ccccc1)Oc1c(N)ncc2c(Br)coc12. The highest BCUT2D eigenvalue weighted by Gasteiger charge is 2.17. The smallest absolute Gasteiger partial charge is 0.205 e. The molecule has 0 saturated carbocycles. The fourth-order valence-corrected chi connectivity index (χ4v) is 2.63. The number of rotatable bonds is 4. The van der Waals surface area contributed by atoms with Crippen molar-refractivity contribution in [3.8, 4) is 5.75 Å². The summed E-state index contributed by atoms with van der Waals surface area (Å²) in [4.78, 5) is 4.16. The Morgan fingerprint density at radius 1 is 1.33 bits per heavy atom. The average molecular weight is 347 g/mol. The molecule has 108 valence electrons. The molecular weight excluding hydrogens is 332 g/mol. The van der Waals surface area contributed by atoms with E-state index in [1.165, 1.54) is 5.56 Å². The third-order valence-corrected chi connectivity index (χ3v) is 3.85. The van der Waals surface area contributed by atoms with Crippen LogP contribution in [-0.4, -0.2) is 11.1 Å². The Morgan fingerprint density at radius 3 is 2.86 bits per heavy atom. The van der Waals surface area contributed by atoms with Crippen molar-refractivity contribution < 1.29 is 9.15 Å². The van der Waals surface area contributed by atoms with Gasteiger partial charge in [-0.15, -0.1) is 0 Å². The molecule has 5 heteroatoms. The van der Waals surface area contributed by atoms with E-state index < -0.39 is 0 Å². The second-order valence-corrected chi connectivity index (χ2v) is 5.77. The zero-order valence-corrected chi connectivity index (χ0v) is 13.1. The molecule has 1 unspecified atom stereocenters. The summed E-state index contributed by atoms with van der Waals surface area (Å²) in [6.45, 7) is 2.00. The lowest BCUT2D eigenvalue weighted by molar-refractivity contribution is 0.223. The van der Waals surface area contributed by atoms with Gasteiger partial charge < -0.3 is 14.9 Å². The van der Waals surface area contributed by atoms with Crippen LogP contribution in [0.2, 0.25) is 0 Å². The van der Waals surface area contributed by atoms with Crippen LogP contribution in [0.15, 0.2) is 51.7 Å². The third-order valence-electron chi connectivity index (χ3n) is 3.24. The molecule has 0 saturated heterocycles. The number of nitrogen functional groups attached to an aromatic ring is 1. The highest BCUT2D eigenvalue weighted by Crippen LogP contribution is 2.36. The number of aromatic nitrogens is 1. The quantitative estimate of drug-likeness (QED) is 0.769. The van der Waals surface area contributed by atoms with Crippen molar-refractivity contribution in [2.45, 2.75) is 19.4 Å². The van der Waals surface area contributed by atoms with Crippen LogP contribution >= 0.6 is 15.9 Å². The predicted octanol–water partition coefficient (Wildman–Crippen LogP) is 4.18. The van der Waals surface area contributed by atoms with Gasteiger partial charge in [0.15, 0.2) is 11.4 Å². The summed E-state index contributed by atoms with van der Waals surface area (Å²) in [5.41, 5.74) is 7.76. The van der Waals surface area contributed by atoms with E-state index in [1.807, 2.05) is 25.1 Å². The summed E-state index contributed by atoms with van der Waals surface area (Å²) < 4.78 is 12.3. The van der Waals surface area contributed by atoms with Gasteiger partial charge in [0.25, 0.3) is 0 Å². The molecule has 21 heavy (non-hydrogen) atoms. The molecular formula is C16H15BrN2O2. The molecule has 2 heterocycles. The van der Waals surface area contributed by atoms with Crippen molar-refractivity contribution in [1.82, 2.24) is 4.98 Å². The Morgan fingerprint density at radius 2 is 2.10 bits per heavy atom. The van der Waals surface area contributed by atoms with Gasteiger partial charge in [0, 0.05) is 12.6 Å². The number of benzene rings is 1. The van der Waals surface area contributed by atoms with E-state index in [0.29, 0.717) is 17.2 Å². The summed E-state index contributed by atoms with van der Waals surface area (Å²) in [5, 5.41) is 0.853. The van der Waals surface area contributed by atoms with E-state index in [4.69, 9.17) is 14.9 Å². The Bertz CT molecular complexity index is 756. The third kappa shape index (κ3) is 2.88. The summed E-state index contributed by atoms with van der Waals surface area (Å²) in [5.74, 6) is 0.839. The van der Waals surface area contributed by atoms with Crippen molar-refractivity contribution in [1.29, 1.82) is 0 Å². The minimum Gasteiger partial charge on any atom is -0.483 e. The molecule has 0 fully saturated rings. The molecule has 0 aliphatic heterocycles. The molecule has 3 aromatic rings. The molecule has 2 N–H and O–H groups in total. The number of furan rings is 1. The van der Waals surface area contributed by atoms with Crippen molar-refractivity contribution in [2.75, 3.05) is 5.73 Å². The van der Waals surface area contributed by atoms with E-state index in [0.717, 1.165) is 16.3 Å². The van der Waals surface area contributed by atoms with Gasteiger partial charge in [-0.25, -0.2) is 4.98 Å². The van der Waals surface area contributed by atoms with E-state index in [-0.39, 0.29) is 6.10 Å². The van der Waals surface area contributed by atoms with Crippen LogP contribution in [0, 0.1) is 0 Å². The second-order valence-electron chi connectivity index (χ2n) is 4.92. The Balaban J connectivity index is 1.86. The van der Waals surface area contributed by atoms with Gasteiger partial charge in [-0.05, 0) is 28.4 Å². The first-order valence-corrected chi connectivity index (χ1v) is 7.46. The van der Waals surface area contributed by atoms with Gasteiger partial charge in [0.2, 0.25) is 5.75 Å². The zero-order valence-electron chi connectivity index (χ0n) is 11.5. The number of anilines is 1. The van der Waals surface area contributed by atoms with Crippen LogP contribution in [0.5, 0.6) is 5.75 Å². The molecule has 0 aliphatic rings. The van der Waals surface area contributed by atoms with Gasteiger partial charge in [-0.3, -0.25) is 0 Å². The Kier molecular flexibility index (Phi) is 3.84. The number of hydrogen-bond acceptors (Lipinski definition) is 4. The van der Waals surface area contributed by atoms with E-state index in [2.05, 4.69) is 33.0 Å². The van der Waals surface area contributed by atoms with Gasteiger partial charge >= 0.3 is 0 Å². The van der Waals surface area contributed by atoms with Gasteiger partial charge in [0.1, 0.15) is 12.4 Å². The molecule has 0 radical (unpaired) electrons. The van der Waals surface area contributed by atoms with Crippen LogP contribution in [0.4, 0.5) is 5.82 Å². The van der Waals surface area contributed by atoms with Gasteiger partial charge in [-0.2, -0.15) is 0 Å². The van der Waals surface area contributed by atoms with Crippen molar-refractivity contribution >= 4 is 32.7 Å². The fraction of sp³-hybridized carbons (Fsp3) is 0.188. The number of fused-ring (bicyclic) bond motifs is 1. The minimum atomic E-state index is -0.0361. The standard InChI is InChI=1S/C16H15BrN2O2/c1-10(7-11-5-3-2-4-6-11)21-15-14-12(8-19-16(15)18)13(17)9-20-14/h2-6,8-10H,7H2,1H3,(H2,18,19). The monoisotopic (exact) mass is 346 g/mol. The summed E-state index contributed by atoms with van der Waals surface area (Å²) in [6.07, 6.45) is 4.04. The first-order chi connectivity index (χ1) is 10.1. The zero-order chi connectivity index (χ0) is 14.8. The lowest BCUT2D eigenvalue weighted by Gasteiger charge is -2.16. The molecule has 3 rings (SSSR count). The van der Waals surface area contributed by atoms with Crippen molar-refractivity contribution in [3.63, 3.8) is 0 Å².